The molecule has 0 unspecified atom stereocenters. The van der Waals surface area contributed by atoms with Gasteiger partial charge >= 0.3 is 5.97 Å². The average Bonchev–Trinajstić information content (AvgIpc) is 3.38. The predicted octanol–water partition coefficient (Wildman–Crippen LogP) is 6.28. The summed E-state index contributed by atoms with van der Waals surface area (Å²) in [4.78, 5) is 31.9. The van der Waals surface area contributed by atoms with Crippen LogP contribution in [0.4, 0.5) is 8.78 Å². The lowest BCUT2D eigenvalue weighted by Crippen LogP contribution is -2.53. The summed E-state index contributed by atoms with van der Waals surface area (Å²) in [6.07, 6.45) is -0.732. The summed E-state index contributed by atoms with van der Waals surface area (Å²) in [5.41, 5.74) is 4.31. The summed E-state index contributed by atoms with van der Waals surface area (Å²) in [5, 5.41) is 9.62. The highest BCUT2D eigenvalue weighted by molar-refractivity contribution is 6.35. The standard InChI is InChI=1S/C34H37Cl2F2N3O6/c1-33(2,3)47-29(43)11-13-34(32(44)41-39-14-12-21-17-24(37)20-25(38)18-21)30(27-10-7-23(35)19-28(27)36)46-31(40-34)22-5-8-26(9-6-22)45-16-4-15-42/h5-10,17-20,30,39,42H,4,11-16H2,1-3H3,(H,41,44)/t30-,34-/m0/s1. The minimum absolute atomic E-state index is 0.00301. The molecule has 0 saturated carbocycles. The van der Waals surface area contributed by atoms with Crippen LogP contribution in [0.15, 0.2) is 65.7 Å². The van der Waals surface area contributed by atoms with Crippen molar-refractivity contribution in [1.29, 1.82) is 0 Å². The van der Waals surface area contributed by atoms with Gasteiger partial charge in [-0.05, 0) is 87.7 Å². The largest absolute Gasteiger partial charge is 0.494 e. The second kappa shape index (κ2) is 15.9. The van der Waals surface area contributed by atoms with Crippen LogP contribution < -0.4 is 15.6 Å². The van der Waals surface area contributed by atoms with Gasteiger partial charge in [-0.3, -0.25) is 15.0 Å². The van der Waals surface area contributed by atoms with Crippen LogP contribution in [0.25, 0.3) is 0 Å². The third-order valence-electron chi connectivity index (χ3n) is 7.07. The number of aliphatic imine (C=N–C) groups is 1. The van der Waals surface area contributed by atoms with Crippen molar-refractivity contribution >= 4 is 41.0 Å². The van der Waals surface area contributed by atoms with E-state index in [9.17, 15) is 18.4 Å². The number of aliphatic hydroxyl groups excluding tert-OH is 1. The maximum absolute atomic E-state index is 14.2. The minimum Gasteiger partial charge on any atom is -0.494 e. The molecule has 1 heterocycles. The van der Waals surface area contributed by atoms with Crippen molar-refractivity contribution in [2.24, 2.45) is 4.99 Å². The number of aliphatic hydroxyl groups is 1. The first-order valence-electron chi connectivity index (χ1n) is 15.1. The molecule has 0 saturated heterocycles. The van der Waals surface area contributed by atoms with E-state index in [2.05, 4.69) is 10.9 Å². The van der Waals surface area contributed by atoms with Crippen LogP contribution in [0.1, 0.15) is 62.8 Å². The summed E-state index contributed by atoms with van der Waals surface area (Å²) in [5.74, 6) is -1.90. The topological polar surface area (TPSA) is 118 Å². The Kier molecular flexibility index (Phi) is 12.2. The van der Waals surface area contributed by atoms with Crippen LogP contribution in [0.3, 0.4) is 0 Å². The molecule has 3 aromatic rings. The molecular weight excluding hydrogens is 655 g/mol. The Morgan fingerprint density at radius 2 is 1.74 bits per heavy atom. The highest BCUT2D eigenvalue weighted by Gasteiger charge is 2.54. The fraction of sp³-hybridized carbons (Fsp3) is 0.382. The maximum Gasteiger partial charge on any atom is 0.306 e. The van der Waals surface area contributed by atoms with Crippen molar-refractivity contribution in [3.63, 3.8) is 0 Å². The highest BCUT2D eigenvalue weighted by Crippen LogP contribution is 2.45. The van der Waals surface area contributed by atoms with Crippen molar-refractivity contribution in [2.45, 2.75) is 63.7 Å². The molecule has 0 bridgehead atoms. The number of carbonyl (C=O) groups is 2. The molecule has 1 aliphatic heterocycles. The first kappa shape index (κ1) is 36.1. The van der Waals surface area contributed by atoms with Crippen LogP contribution >= 0.6 is 23.2 Å². The summed E-state index contributed by atoms with van der Waals surface area (Å²) < 4.78 is 44.9. The molecule has 1 amide bonds. The Hall–Kier alpha value is -3.77. The number of nitrogens with zero attached hydrogens (tertiary/aromatic N) is 1. The fourth-order valence-corrected chi connectivity index (χ4v) is 5.47. The Morgan fingerprint density at radius 3 is 2.38 bits per heavy atom. The van der Waals surface area contributed by atoms with Crippen molar-refractivity contribution in [3.8, 4) is 5.75 Å². The van der Waals surface area contributed by atoms with Gasteiger partial charge in [0.1, 0.15) is 23.0 Å². The van der Waals surface area contributed by atoms with Gasteiger partial charge in [-0.2, -0.15) is 0 Å². The van der Waals surface area contributed by atoms with Gasteiger partial charge < -0.3 is 19.3 Å². The van der Waals surface area contributed by atoms with Gasteiger partial charge in [0.15, 0.2) is 11.6 Å². The van der Waals surface area contributed by atoms with E-state index in [0.29, 0.717) is 40.5 Å². The SMILES string of the molecule is CC(C)(C)OC(=O)CC[C@]1(C(=O)NNCCc2cc(F)cc(F)c2)N=C(c2ccc(OCCCO)cc2)O[C@H]1c1ccc(Cl)cc1Cl. The summed E-state index contributed by atoms with van der Waals surface area (Å²) >= 11 is 12.8. The Labute approximate surface area is 282 Å². The van der Waals surface area contributed by atoms with Crippen molar-refractivity contribution < 1.29 is 37.7 Å². The van der Waals surface area contributed by atoms with Gasteiger partial charge in [0.05, 0.1) is 6.61 Å². The zero-order valence-corrected chi connectivity index (χ0v) is 27.8. The second-order valence-electron chi connectivity index (χ2n) is 11.9. The number of esters is 1. The lowest BCUT2D eigenvalue weighted by Gasteiger charge is -2.31. The van der Waals surface area contributed by atoms with Gasteiger partial charge in [-0.15, -0.1) is 0 Å². The molecule has 4 rings (SSSR count). The monoisotopic (exact) mass is 691 g/mol. The predicted molar refractivity (Wildman–Crippen MR) is 174 cm³/mol. The summed E-state index contributed by atoms with van der Waals surface area (Å²) in [7, 11) is 0. The van der Waals surface area contributed by atoms with Crippen LogP contribution in [-0.2, 0) is 25.5 Å². The molecule has 3 aromatic carbocycles. The molecule has 2 atom stereocenters. The quantitative estimate of drug-likeness (QED) is 0.104. The van der Waals surface area contributed by atoms with Gasteiger partial charge in [0.2, 0.25) is 5.90 Å². The number of ether oxygens (including phenoxy) is 3. The van der Waals surface area contributed by atoms with E-state index in [1.54, 1.807) is 57.2 Å². The molecule has 47 heavy (non-hydrogen) atoms. The minimum atomic E-state index is -1.72. The van der Waals surface area contributed by atoms with Gasteiger partial charge in [0, 0.05) is 53.2 Å². The number of halogens is 4. The van der Waals surface area contributed by atoms with Crippen molar-refractivity contribution in [3.05, 3.63) is 99.0 Å². The van der Waals surface area contributed by atoms with E-state index < -0.39 is 40.8 Å². The third-order valence-corrected chi connectivity index (χ3v) is 7.63. The lowest BCUT2D eigenvalue weighted by atomic mass is 9.83. The number of amides is 1. The van der Waals surface area contributed by atoms with E-state index in [1.165, 1.54) is 18.2 Å². The normalized spacial score (nSPS) is 17.5. The second-order valence-corrected chi connectivity index (χ2v) is 12.8. The molecular formula is C34H37Cl2F2N3O6. The molecule has 0 radical (unpaired) electrons. The molecule has 1 aliphatic rings. The van der Waals surface area contributed by atoms with E-state index in [0.717, 1.165) is 6.07 Å². The van der Waals surface area contributed by atoms with Crippen LogP contribution in [0.2, 0.25) is 10.0 Å². The van der Waals surface area contributed by atoms with Gasteiger partial charge in [-0.25, -0.2) is 19.2 Å². The lowest BCUT2D eigenvalue weighted by molar-refractivity contribution is -0.155. The molecule has 13 heteroatoms. The maximum atomic E-state index is 14.2. The molecule has 0 aromatic heterocycles. The molecule has 3 N–H and O–H groups in total. The van der Waals surface area contributed by atoms with Crippen LogP contribution in [-0.4, -0.2) is 53.8 Å². The van der Waals surface area contributed by atoms with Crippen LogP contribution in [0.5, 0.6) is 5.75 Å². The fourth-order valence-electron chi connectivity index (χ4n) is 4.96. The van der Waals surface area contributed by atoms with Gasteiger partial charge in [0.25, 0.3) is 5.91 Å². The number of nitrogens with one attached hydrogen (secondary N) is 2. The summed E-state index contributed by atoms with van der Waals surface area (Å²) in [6, 6.07) is 14.8. The first-order chi connectivity index (χ1) is 22.3. The van der Waals surface area contributed by atoms with Gasteiger partial charge in [-0.1, -0.05) is 29.3 Å². The molecule has 252 valence electrons. The zero-order valence-electron chi connectivity index (χ0n) is 26.2. The number of hydrogen-bond donors (Lipinski definition) is 3. The number of carbonyl (C=O) groups excluding carboxylic acids is 2. The first-order valence-corrected chi connectivity index (χ1v) is 15.8. The van der Waals surface area contributed by atoms with Crippen LogP contribution in [0, 0.1) is 11.6 Å². The summed E-state index contributed by atoms with van der Waals surface area (Å²) in [6.45, 7) is 5.68. The third kappa shape index (κ3) is 9.87. The highest BCUT2D eigenvalue weighted by atomic mass is 35.5. The molecule has 0 aliphatic carbocycles. The Bertz CT molecular complexity index is 1580. The zero-order chi connectivity index (χ0) is 34.2. The van der Waals surface area contributed by atoms with E-state index in [1.807, 2.05) is 0 Å². The number of rotatable bonds is 14. The average molecular weight is 693 g/mol. The smallest absolute Gasteiger partial charge is 0.306 e. The molecule has 0 fully saturated rings. The van der Waals surface area contributed by atoms with Crippen molar-refractivity contribution in [2.75, 3.05) is 19.8 Å². The Morgan fingerprint density at radius 1 is 1.04 bits per heavy atom. The van der Waals surface area contributed by atoms with E-state index in [-0.39, 0.29) is 43.3 Å². The van der Waals surface area contributed by atoms with E-state index >= 15 is 0 Å². The van der Waals surface area contributed by atoms with Crippen molar-refractivity contribution in [1.82, 2.24) is 10.9 Å². The van der Waals surface area contributed by atoms with E-state index in [4.69, 9.17) is 47.5 Å². The Balaban J connectivity index is 1.67. The number of hydrogen-bond acceptors (Lipinski definition) is 8. The molecule has 9 nitrogen and oxygen atoms in total. The number of hydrazine groups is 1. The molecule has 0 spiro atoms. The number of benzene rings is 3.